The molecule has 0 spiro atoms. The third-order valence-corrected chi connectivity index (χ3v) is 1.86. The summed E-state index contributed by atoms with van der Waals surface area (Å²) in [4.78, 5) is 9.97. The van der Waals surface area contributed by atoms with Crippen molar-refractivity contribution in [2.75, 3.05) is 0 Å². The zero-order chi connectivity index (χ0) is 6.85. The zero-order valence-corrected chi connectivity index (χ0v) is 5.77. The molecule has 0 aliphatic heterocycles. The van der Waals surface area contributed by atoms with E-state index in [-0.39, 0.29) is 6.04 Å². The predicted molar refractivity (Wildman–Crippen MR) is 37.0 cm³/mol. The average Bonchev–Trinajstić information content (AvgIpc) is 1.60. The standard InChI is InChI=1S/C5H9NO2S/c7-5(8)6-3-1-4(9)2-3/h3-4,6,9H,1-2H2,(H,7,8)/t3-,4-. The van der Waals surface area contributed by atoms with Crippen LogP contribution in [0.5, 0.6) is 0 Å². The first-order chi connectivity index (χ1) is 4.18. The van der Waals surface area contributed by atoms with Crippen LogP contribution in [0.25, 0.3) is 0 Å². The van der Waals surface area contributed by atoms with Crippen LogP contribution in [0.2, 0.25) is 0 Å². The Morgan fingerprint density at radius 2 is 2.22 bits per heavy atom. The summed E-state index contributed by atoms with van der Waals surface area (Å²) >= 11 is 4.13. The first kappa shape index (κ1) is 6.74. The molecule has 1 fully saturated rings. The summed E-state index contributed by atoms with van der Waals surface area (Å²) < 4.78 is 0. The molecule has 1 saturated carbocycles. The number of amides is 1. The molecule has 0 bridgehead atoms. The minimum Gasteiger partial charge on any atom is -0.465 e. The van der Waals surface area contributed by atoms with E-state index in [4.69, 9.17) is 5.11 Å². The molecule has 0 aromatic rings. The summed E-state index contributed by atoms with van der Waals surface area (Å²) in [7, 11) is 0. The summed E-state index contributed by atoms with van der Waals surface area (Å²) in [6.07, 6.45) is 0.811. The van der Waals surface area contributed by atoms with Crippen LogP contribution in [0.1, 0.15) is 12.8 Å². The molecule has 2 N–H and O–H groups in total. The number of thiol groups is 1. The third kappa shape index (κ3) is 1.78. The Morgan fingerprint density at radius 1 is 1.67 bits per heavy atom. The maximum atomic E-state index is 9.97. The van der Waals surface area contributed by atoms with Crippen LogP contribution < -0.4 is 5.32 Å². The van der Waals surface area contributed by atoms with Gasteiger partial charge in [0.15, 0.2) is 0 Å². The SMILES string of the molecule is O=C(O)N[C@H]1C[C@H](S)C1. The normalized spacial score (nSPS) is 33.0. The lowest BCUT2D eigenvalue weighted by atomic mass is 9.92. The van der Waals surface area contributed by atoms with Gasteiger partial charge in [-0.2, -0.15) is 12.6 Å². The van der Waals surface area contributed by atoms with Gasteiger partial charge < -0.3 is 10.4 Å². The van der Waals surface area contributed by atoms with Crippen LogP contribution in [0, 0.1) is 0 Å². The molecule has 0 atom stereocenters. The Morgan fingerprint density at radius 3 is 2.56 bits per heavy atom. The van der Waals surface area contributed by atoms with E-state index in [0.717, 1.165) is 12.8 Å². The maximum Gasteiger partial charge on any atom is 0.404 e. The van der Waals surface area contributed by atoms with Crippen LogP contribution in [-0.4, -0.2) is 22.5 Å². The lowest BCUT2D eigenvalue weighted by Crippen LogP contribution is -2.44. The van der Waals surface area contributed by atoms with Crippen molar-refractivity contribution in [1.29, 1.82) is 0 Å². The van der Waals surface area contributed by atoms with Gasteiger partial charge in [0.25, 0.3) is 0 Å². The Labute approximate surface area is 58.9 Å². The van der Waals surface area contributed by atoms with Crippen LogP contribution in [0.4, 0.5) is 4.79 Å². The predicted octanol–water partition coefficient (Wildman–Crippen LogP) is 0.715. The van der Waals surface area contributed by atoms with E-state index in [1.54, 1.807) is 0 Å². The minimum atomic E-state index is -0.930. The average molecular weight is 147 g/mol. The van der Waals surface area contributed by atoms with E-state index in [0.29, 0.717) is 5.25 Å². The summed E-state index contributed by atoms with van der Waals surface area (Å²) in [6.45, 7) is 0. The highest BCUT2D eigenvalue weighted by molar-refractivity contribution is 7.81. The quantitative estimate of drug-likeness (QED) is 0.478. The molecule has 9 heavy (non-hydrogen) atoms. The molecule has 1 amide bonds. The molecule has 1 aliphatic carbocycles. The molecule has 0 heterocycles. The molecule has 0 aromatic heterocycles. The second-order valence-corrected chi connectivity index (χ2v) is 3.00. The Hall–Kier alpha value is -0.380. The van der Waals surface area contributed by atoms with E-state index in [9.17, 15) is 4.79 Å². The third-order valence-electron chi connectivity index (χ3n) is 1.44. The van der Waals surface area contributed by atoms with Gasteiger partial charge in [-0.15, -0.1) is 0 Å². The van der Waals surface area contributed by atoms with Crippen LogP contribution in [-0.2, 0) is 0 Å². The van der Waals surface area contributed by atoms with Crippen LogP contribution in [0.3, 0.4) is 0 Å². The molecule has 1 aliphatic rings. The summed E-state index contributed by atoms with van der Waals surface area (Å²) in [5, 5.41) is 11.0. The molecule has 0 saturated heterocycles. The lowest BCUT2D eigenvalue weighted by Gasteiger charge is -2.31. The van der Waals surface area contributed by atoms with E-state index >= 15 is 0 Å². The van der Waals surface area contributed by atoms with Crippen molar-refractivity contribution >= 4 is 18.7 Å². The molecule has 4 heteroatoms. The van der Waals surface area contributed by atoms with Gasteiger partial charge in [-0.25, -0.2) is 4.79 Å². The highest BCUT2D eigenvalue weighted by Gasteiger charge is 2.26. The largest absolute Gasteiger partial charge is 0.465 e. The molecular formula is C5H9NO2S. The molecule has 0 aromatic carbocycles. The fraction of sp³-hybridized carbons (Fsp3) is 0.800. The summed E-state index contributed by atoms with van der Waals surface area (Å²) in [5.74, 6) is 0. The molecule has 3 nitrogen and oxygen atoms in total. The first-order valence-electron chi connectivity index (χ1n) is 2.86. The van der Waals surface area contributed by atoms with Crippen molar-refractivity contribution in [1.82, 2.24) is 5.32 Å². The number of nitrogens with one attached hydrogen (secondary N) is 1. The number of carbonyl (C=O) groups is 1. The van der Waals surface area contributed by atoms with Gasteiger partial charge in [0.2, 0.25) is 0 Å². The summed E-state index contributed by atoms with van der Waals surface area (Å²) in [5.41, 5.74) is 0. The molecule has 0 radical (unpaired) electrons. The van der Waals surface area contributed by atoms with Gasteiger partial charge in [-0.1, -0.05) is 0 Å². The fourth-order valence-corrected chi connectivity index (χ4v) is 1.39. The second kappa shape index (κ2) is 2.47. The van der Waals surface area contributed by atoms with Crippen molar-refractivity contribution in [3.05, 3.63) is 0 Å². The highest BCUT2D eigenvalue weighted by Crippen LogP contribution is 2.24. The molecular weight excluding hydrogens is 138 g/mol. The molecule has 1 rings (SSSR count). The van der Waals surface area contributed by atoms with Gasteiger partial charge in [0.05, 0.1) is 0 Å². The van der Waals surface area contributed by atoms with Crippen molar-refractivity contribution in [2.24, 2.45) is 0 Å². The topological polar surface area (TPSA) is 49.3 Å². The Bertz CT molecular complexity index is 122. The lowest BCUT2D eigenvalue weighted by molar-refractivity contribution is 0.183. The van der Waals surface area contributed by atoms with E-state index < -0.39 is 6.09 Å². The molecule has 52 valence electrons. The van der Waals surface area contributed by atoms with Crippen LogP contribution >= 0.6 is 12.6 Å². The first-order valence-corrected chi connectivity index (χ1v) is 3.37. The second-order valence-electron chi connectivity index (χ2n) is 2.27. The molecule has 0 unspecified atom stereocenters. The smallest absolute Gasteiger partial charge is 0.404 e. The van der Waals surface area contributed by atoms with Crippen molar-refractivity contribution < 1.29 is 9.90 Å². The zero-order valence-electron chi connectivity index (χ0n) is 4.87. The highest BCUT2D eigenvalue weighted by atomic mass is 32.1. The van der Waals surface area contributed by atoms with Gasteiger partial charge in [0.1, 0.15) is 0 Å². The van der Waals surface area contributed by atoms with Gasteiger partial charge in [0, 0.05) is 11.3 Å². The fourth-order valence-electron chi connectivity index (χ4n) is 0.880. The minimum absolute atomic E-state index is 0.157. The summed E-state index contributed by atoms with van der Waals surface area (Å²) in [6, 6.07) is 0.157. The number of hydrogen-bond acceptors (Lipinski definition) is 2. The Balaban J connectivity index is 2.11. The van der Waals surface area contributed by atoms with Crippen molar-refractivity contribution in [3.8, 4) is 0 Å². The van der Waals surface area contributed by atoms with E-state index in [2.05, 4.69) is 17.9 Å². The van der Waals surface area contributed by atoms with Gasteiger partial charge in [-0.05, 0) is 12.8 Å². The number of carboxylic acid groups (broad SMARTS) is 1. The number of hydrogen-bond donors (Lipinski definition) is 3. The van der Waals surface area contributed by atoms with Crippen LogP contribution in [0.15, 0.2) is 0 Å². The number of rotatable bonds is 1. The van der Waals surface area contributed by atoms with E-state index in [1.807, 2.05) is 0 Å². The monoisotopic (exact) mass is 147 g/mol. The van der Waals surface area contributed by atoms with Gasteiger partial charge in [-0.3, -0.25) is 0 Å². The maximum absolute atomic E-state index is 9.97. The van der Waals surface area contributed by atoms with Gasteiger partial charge >= 0.3 is 6.09 Å². The van der Waals surface area contributed by atoms with Crippen molar-refractivity contribution in [2.45, 2.75) is 24.1 Å². The Kier molecular flexibility index (Phi) is 1.85. The van der Waals surface area contributed by atoms with E-state index in [1.165, 1.54) is 0 Å². The van der Waals surface area contributed by atoms with Crippen molar-refractivity contribution in [3.63, 3.8) is 0 Å².